The van der Waals surface area contributed by atoms with E-state index in [0.717, 1.165) is 6.42 Å². The van der Waals surface area contributed by atoms with E-state index < -0.39 is 0 Å². The second kappa shape index (κ2) is 7.65. The molecule has 0 aromatic carbocycles. The predicted octanol–water partition coefficient (Wildman–Crippen LogP) is 0.495. The quantitative estimate of drug-likeness (QED) is 0.580. The van der Waals surface area contributed by atoms with Gasteiger partial charge < -0.3 is 16.2 Å². The molecular formula is C11H24N2O2. The number of aliphatic hydroxyl groups is 1. The van der Waals surface area contributed by atoms with E-state index in [1.54, 1.807) is 0 Å². The van der Waals surface area contributed by atoms with Crippen molar-refractivity contribution >= 4 is 5.91 Å². The summed E-state index contributed by atoms with van der Waals surface area (Å²) < 4.78 is 0. The van der Waals surface area contributed by atoms with Gasteiger partial charge in [0.15, 0.2) is 0 Å². The number of nitrogens with one attached hydrogen (secondary N) is 1. The summed E-state index contributed by atoms with van der Waals surface area (Å²) >= 11 is 0. The van der Waals surface area contributed by atoms with Gasteiger partial charge in [0.25, 0.3) is 0 Å². The van der Waals surface area contributed by atoms with Crippen LogP contribution in [0.1, 0.15) is 33.6 Å². The van der Waals surface area contributed by atoms with Crippen molar-refractivity contribution in [2.24, 2.45) is 17.6 Å². The highest BCUT2D eigenvalue weighted by Gasteiger charge is 2.19. The Balaban J connectivity index is 4.03. The van der Waals surface area contributed by atoms with Gasteiger partial charge in [-0.05, 0) is 25.7 Å². The number of hydrogen-bond donors (Lipinski definition) is 3. The molecule has 1 amide bonds. The first-order chi connectivity index (χ1) is 7.01. The van der Waals surface area contributed by atoms with Gasteiger partial charge in [-0.1, -0.05) is 13.8 Å². The fourth-order valence-electron chi connectivity index (χ4n) is 1.51. The van der Waals surface area contributed by atoms with Crippen LogP contribution in [-0.2, 0) is 4.79 Å². The number of nitrogens with two attached hydrogens (primary N) is 1. The van der Waals surface area contributed by atoms with E-state index in [9.17, 15) is 4.79 Å². The average molecular weight is 216 g/mol. The van der Waals surface area contributed by atoms with E-state index >= 15 is 0 Å². The van der Waals surface area contributed by atoms with Crippen molar-refractivity contribution in [3.05, 3.63) is 0 Å². The highest BCUT2D eigenvalue weighted by Crippen LogP contribution is 2.10. The number of aliphatic hydroxyl groups excluding tert-OH is 1. The van der Waals surface area contributed by atoms with Crippen LogP contribution >= 0.6 is 0 Å². The Bertz CT molecular complexity index is 183. The van der Waals surface area contributed by atoms with Gasteiger partial charge in [-0.15, -0.1) is 0 Å². The molecule has 4 nitrogen and oxygen atoms in total. The Labute approximate surface area is 92.2 Å². The van der Waals surface area contributed by atoms with Gasteiger partial charge in [0.1, 0.15) is 0 Å². The lowest BCUT2D eigenvalue weighted by Crippen LogP contribution is -2.40. The van der Waals surface area contributed by atoms with Crippen molar-refractivity contribution in [3.8, 4) is 0 Å². The van der Waals surface area contributed by atoms with Crippen molar-refractivity contribution in [1.29, 1.82) is 0 Å². The van der Waals surface area contributed by atoms with Crippen LogP contribution in [0.3, 0.4) is 0 Å². The van der Waals surface area contributed by atoms with Crippen molar-refractivity contribution in [2.75, 3.05) is 13.2 Å². The SMILES string of the molecule is CC(C)CC(CN)C(=O)NC(C)CCO. The fourth-order valence-corrected chi connectivity index (χ4v) is 1.51. The molecule has 0 fully saturated rings. The minimum Gasteiger partial charge on any atom is -0.396 e. The second-order valence-electron chi connectivity index (χ2n) is 4.48. The third-order valence-electron chi connectivity index (χ3n) is 2.36. The smallest absolute Gasteiger partial charge is 0.224 e. The van der Waals surface area contributed by atoms with Gasteiger partial charge in [0.05, 0.1) is 5.92 Å². The van der Waals surface area contributed by atoms with Crippen molar-refractivity contribution in [2.45, 2.75) is 39.7 Å². The average Bonchev–Trinajstić information content (AvgIpc) is 2.13. The van der Waals surface area contributed by atoms with E-state index in [1.807, 2.05) is 6.92 Å². The van der Waals surface area contributed by atoms with Crippen LogP contribution in [0.5, 0.6) is 0 Å². The lowest BCUT2D eigenvalue weighted by molar-refractivity contribution is -0.125. The summed E-state index contributed by atoms with van der Waals surface area (Å²) in [6.07, 6.45) is 1.40. The molecule has 0 heterocycles. The normalized spacial score (nSPS) is 15.1. The molecular weight excluding hydrogens is 192 g/mol. The molecule has 4 heteroatoms. The molecule has 2 atom stereocenters. The molecule has 0 rings (SSSR count). The molecule has 2 unspecified atom stereocenters. The highest BCUT2D eigenvalue weighted by molar-refractivity contribution is 5.79. The third kappa shape index (κ3) is 6.47. The molecule has 0 saturated carbocycles. The van der Waals surface area contributed by atoms with E-state index in [1.165, 1.54) is 0 Å². The predicted molar refractivity (Wildman–Crippen MR) is 61.3 cm³/mol. The maximum atomic E-state index is 11.7. The Morgan fingerprint density at radius 1 is 1.40 bits per heavy atom. The number of hydrogen-bond acceptors (Lipinski definition) is 3. The summed E-state index contributed by atoms with van der Waals surface area (Å²) in [5.74, 6) is 0.371. The number of carbonyl (C=O) groups is 1. The van der Waals surface area contributed by atoms with Gasteiger partial charge in [0, 0.05) is 19.2 Å². The van der Waals surface area contributed by atoms with Crippen LogP contribution in [0.4, 0.5) is 0 Å². The van der Waals surface area contributed by atoms with Crippen molar-refractivity contribution in [1.82, 2.24) is 5.32 Å². The minimum atomic E-state index is -0.105. The van der Waals surface area contributed by atoms with Crippen LogP contribution in [0.15, 0.2) is 0 Å². The summed E-state index contributed by atoms with van der Waals surface area (Å²) in [5.41, 5.74) is 5.56. The summed E-state index contributed by atoms with van der Waals surface area (Å²) in [6, 6.07) is 0.0173. The zero-order chi connectivity index (χ0) is 11.8. The van der Waals surface area contributed by atoms with Crippen molar-refractivity contribution < 1.29 is 9.90 Å². The molecule has 0 saturated heterocycles. The molecule has 0 aromatic rings. The maximum absolute atomic E-state index is 11.7. The number of carbonyl (C=O) groups excluding carboxylic acids is 1. The van der Waals surface area contributed by atoms with Crippen LogP contribution in [0, 0.1) is 11.8 Å². The van der Waals surface area contributed by atoms with Gasteiger partial charge >= 0.3 is 0 Å². The van der Waals surface area contributed by atoms with E-state index in [4.69, 9.17) is 10.8 Å². The van der Waals surface area contributed by atoms with Crippen LogP contribution in [0.25, 0.3) is 0 Å². The Kier molecular flexibility index (Phi) is 7.34. The summed E-state index contributed by atoms with van der Waals surface area (Å²) in [5, 5.41) is 11.6. The minimum absolute atomic E-state index is 0.00662. The zero-order valence-corrected chi connectivity index (χ0v) is 9.99. The maximum Gasteiger partial charge on any atom is 0.224 e. The summed E-state index contributed by atoms with van der Waals surface area (Å²) in [4.78, 5) is 11.7. The Morgan fingerprint density at radius 2 is 2.00 bits per heavy atom. The molecule has 4 N–H and O–H groups in total. The second-order valence-corrected chi connectivity index (χ2v) is 4.48. The number of amides is 1. The van der Waals surface area contributed by atoms with Gasteiger partial charge in [-0.25, -0.2) is 0 Å². The van der Waals surface area contributed by atoms with Gasteiger partial charge in [-0.3, -0.25) is 4.79 Å². The van der Waals surface area contributed by atoms with E-state index in [2.05, 4.69) is 19.2 Å². The first-order valence-electron chi connectivity index (χ1n) is 5.62. The first-order valence-corrected chi connectivity index (χ1v) is 5.62. The standard InChI is InChI=1S/C11H24N2O2/c1-8(2)6-10(7-12)11(15)13-9(3)4-5-14/h8-10,14H,4-7,12H2,1-3H3,(H,13,15). The number of rotatable bonds is 7. The molecule has 0 aliphatic rings. The lowest BCUT2D eigenvalue weighted by atomic mass is 9.96. The van der Waals surface area contributed by atoms with Crippen LogP contribution in [0.2, 0.25) is 0 Å². The molecule has 0 aliphatic heterocycles. The molecule has 15 heavy (non-hydrogen) atoms. The largest absolute Gasteiger partial charge is 0.396 e. The third-order valence-corrected chi connectivity index (χ3v) is 2.36. The van der Waals surface area contributed by atoms with Crippen molar-refractivity contribution in [3.63, 3.8) is 0 Å². The Hall–Kier alpha value is -0.610. The molecule has 0 aromatic heterocycles. The first kappa shape index (κ1) is 14.4. The fraction of sp³-hybridized carbons (Fsp3) is 0.909. The monoisotopic (exact) mass is 216 g/mol. The molecule has 0 radical (unpaired) electrons. The summed E-state index contributed by atoms with van der Waals surface area (Å²) in [7, 11) is 0. The van der Waals surface area contributed by atoms with Crippen LogP contribution in [-0.4, -0.2) is 30.2 Å². The molecule has 0 aliphatic carbocycles. The molecule has 0 bridgehead atoms. The zero-order valence-electron chi connectivity index (χ0n) is 9.99. The lowest BCUT2D eigenvalue weighted by Gasteiger charge is -2.19. The molecule has 0 spiro atoms. The Morgan fingerprint density at radius 3 is 2.40 bits per heavy atom. The van der Waals surface area contributed by atoms with E-state index in [-0.39, 0.29) is 24.5 Å². The highest BCUT2D eigenvalue weighted by atomic mass is 16.3. The van der Waals surface area contributed by atoms with Crippen LogP contribution < -0.4 is 11.1 Å². The van der Waals surface area contributed by atoms with E-state index in [0.29, 0.717) is 18.9 Å². The summed E-state index contributed by atoms with van der Waals surface area (Å²) in [6.45, 7) is 6.52. The molecule has 90 valence electrons. The van der Waals surface area contributed by atoms with Gasteiger partial charge in [0.2, 0.25) is 5.91 Å². The topological polar surface area (TPSA) is 75.4 Å². The van der Waals surface area contributed by atoms with Gasteiger partial charge in [-0.2, -0.15) is 0 Å².